The Balaban J connectivity index is 2.10. The Hall–Kier alpha value is -0.700. The summed E-state index contributed by atoms with van der Waals surface area (Å²) >= 11 is 14.0. The molecule has 0 radical (unpaired) electrons. The Morgan fingerprint density at radius 3 is 2.14 bits per heavy atom. The number of hydrogen-bond donors (Lipinski definition) is 0. The van der Waals surface area contributed by atoms with Gasteiger partial charge in [0.1, 0.15) is 5.82 Å². The van der Waals surface area contributed by atoms with Crippen LogP contribution in [0.5, 0.6) is 0 Å². The number of halogens is 3. The molecule has 0 amide bonds. The predicted octanol–water partition coefficient (Wildman–Crippen LogP) is 5.72. The summed E-state index contributed by atoms with van der Waals surface area (Å²) in [5, 5.41) is 0. The maximum absolute atomic E-state index is 14.1. The van der Waals surface area contributed by atoms with E-state index in [4.69, 9.17) is 23.2 Å². The lowest BCUT2D eigenvalue weighted by Gasteiger charge is -2.30. The van der Waals surface area contributed by atoms with Gasteiger partial charge in [-0.25, -0.2) is 4.39 Å². The molecule has 0 aliphatic heterocycles. The largest absolute Gasteiger partial charge is 0.207 e. The van der Waals surface area contributed by atoms with Crippen LogP contribution in [0.3, 0.4) is 0 Å². The second-order valence-electron chi connectivity index (χ2n) is 4.94. The van der Waals surface area contributed by atoms with Crippen LogP contribution < -0.4 is 0 Å². The lowest BCUT2D eigenvalue weighted by Crippen LogP contribution is -2.32. The molecule has 0 spiro atoms. The maximum atomic E-state index is 14.1. The first-order chi connectivity index (χ1) is 10.2. The zero-order valence-electron chi connectivity index (χ0n) is 11.6. The maximum Gasteiger partial charge on any atom is 0.127 e. The van der Waals surface area contributed by atoms with Crippen molar-refractivity contribution in [2.75, 3.05) is 17.5 Å². The third-order valence-corrected chi connectivity index (χ3v) is 5.59. The monoisotopic (exact) mass is 342 g/mol. The van der Waals surface area contributed by atoms with Gasteiger partial charge in [-0.1, -0.05) is 36.4 Å². The van der Waals surface area contributed by atoms with Crippen molar-refractivity contribution in [3.63, 3.8) is 0 Å². The van der Waals surface area contributed by atoms with Crippen LogP contribution in [-0.4, -0.2) is 17.5 Å². The molecule has 0 nitrogen and oxygen atoms in total. The highest BCUT2D eigenvalue weighted by molar-refractivity contribution is 7.99. The van der Waals surface area contributed by atoms with Crippen LogP contribution in [0.1, 0.15) is 12.0 Å². The number of benzene rings is 2. The third-order valence-electron chi connectivity index (χ3n) is 3.55. The first kappa shape index (κ1) is 16.7. The number of rotatable bonds is 7. The van der Waals surface area contributed by atoms with E-state index < -0.39 is 5.41 Å². The van der Waals surface area contributed by atoms with Crippen molar-refractivity contribution < 1.29 is 4.39 Å². The molecule has 0 unspecified atom stereocenters. The third kappa shape index (κ3) is 4.15. The minimum Gasteiger partial charge on any atom is -0.207 e. The molecule has 0 aliphatic carbocycles. The van der Waals surface area contributed by atoms with E-state index in [1.165, 1.54) is 11.0 Å². The van der Waals surface area contributed by atoms with Crippen LogP contribution in [-0.2, 0) is 5.41 Å². The van der Waals surface area contributed by atoms with Gasteiger partial charge in [-0.3, -0.25) is 0 Å². The smallest absolute Gasteiger partial charge is 0.127 e. The summed E-state index contributed by atoms with van der Waals surface area (Å²) < 4.78 is 14.1. The first-order valence-electron chi connectivity index (χ1n) is 6.76. The van der Waals surface area contributed by atoms with E-state index in [0.29, 0.717) is 17.3 Å². The fraction of sp³-hybridized carbons (Fsp3) is 0.294. The van der Waals surface area contributed by atoms with E-state index in [9.17, 15) is 4.39 Å². The van der Waals surface area contributed by atoms with Crippen molar-refractivity contribution >= 4 is 35.0 Å². The Kier molecular flexibility index (Phi) is 6.40. The van der Waals surface area contributed by atoms with Gasteiger partial charge in [0.15, 0.2) is 0 Å². The molecule has 0 heterocycles. The van der Waals surface area contributed by atoms with Crippen LogP contribution >= 0.6 is 35.0 Å². The molecule has 2 rings (SSSR count). The van der Waals surface area contributed by atoms with Gasteiger partial charge in [-0.2, -0.15) is 0 Å². The highest BCUT2D eigenvalue weighted by atomic mass is 35.5. The van der Waals surface area contributed by atoms with E-state index in [2.05, 4.69) is 12.1 Å². The molecule has 0 atom stereocenters. The lowest BCUT2D eigenvalue weighted by atomic mass is 9.81. The van der Waals surface area contributed by atoms with Gasteiger partial charge in [0.2, 0.25) is 0 Å². The molecule has 0 bridgehead atoms. The fourth-order valence-electron chi connectivity index (χ4n) is 2.22. The summed E-state index contributed by atoms with van der Waals surface area (Å²) in [6, 6.07) is 16.9. The minimum absolute atomic E-state index is 0.233. The SMILES string of the molecule is Fc1ccccc1C(CCl)(CCl)CCSc1ccccc1. The van der Waals surface area contributed by atoms with E-state index >= 15 is 0 Å². The van der Waals surface area contributed by atoms with E-state index in [-0.39, 0.29) is 5.82 Å². The average molecular weight is 343 g/mol. The zero-order chi connectivity index (χ0) is 15.1. The summed E-state index contributed by atoms with van der Waals surface area (Å²) in [6.07, 6.45) is 0.737. The Labute approximate surface area is 139 Å². The first-order valence-corrected chi connectivity index (χ1v) is 8.82. The molecule has 2 aromatic carbocycles. The minimum atomic E-state index is -0.518. The zero-order valence-corrected chi connectivity index (χ0v) is 13.9. The number of thioether (sulfide) groups is 1. The van der Waals surface area contributed by atoms with Crippen molar-refractivity contribution in [2.24, 2.45) is 0 Å². The van der Waals surface area contributed by atoms with E-state index in [0.717, 1.165) is 12.2 Å². The second-order valence-corrected chi connectivity index (χ2v) is 6.64. The second kappa shape index (κ2) is 8.07. The summed E-state index contributed by atoms with van der Waals surface area (Å²) in [4.78, 5) is 1.20. The van der Waals surface area contributed by atoms with Gasteiger partial charge in [-0.05, 0) is 35.9 Å². The van der Waals surface area contributed by atoms with Gasteiger partial charge in [0.05, 0.1) is 0 Å². The van der Waals surface area contributed by atoms with Crippen molar-refractivity contribution in [1.29, 1.82) is 0 Å². The van der Waals surface area contributed by atoms with Gasteiger partial charge in [0, 0.05) is 22.1 Å². The van der Waals surface area contributed by atoms with Gasteiger partial charge < -0.3 is 0 Å². The van der Waals surface area contributed by atoms with Crippen LogP contribution in [0.15, 0.2) is 59.5 Å². The molecular weight excluding hydrogens is 326 g/mol. The summed E-state index contributed by atoms with van der Waals surface area (Å²) in [5.74, 6) is 1.24. The summed E-state index contributed by atoms with van der Waals surface area (Å²) in [6.45, 7) is 0. The van der Waals surface area contributed by atoms with Crippen molar-refractivity contribution in [3.8, 4) is 0 Å². The number of hydrogen-bond acceptors (Lipinski definition) is 1. The van der Waals surface area contributed by atoms with Gasteiger partial charge >= 0.3 is 0 Å². The van der Waals surface area contributed by atoms with Gasteiger partial charge in [-0.15, -0.1) is 35.0 Å². The Morgan fingerprint density at radius 2 is 1.52 bits per heavy atom. The van der Waals surface area contributed by atoms with Crippen LogP contribution in [0, 0.1) is 5.82 Å². The molecule has 0 N–H and O–H groups in total. The van der Waals surface area contributed by atoms with Crippen molar-refractivity contribution in [3.05, 3.63) is 66.0 Å². The van der Waals surface area contributed by atoms with E-state index in [1.54, 1.807) is 23.9 Å². The molecule has 0 aliphatic rings. The van der Waals surface area contributed by atoms with Crippen molar-refractivity contribution in [2.45, 2.75) is 16.7 Å². The standard InChI is InChI=1S/C17H17Cl2FS/c18-12-17(13-19,15-8-4-5-9-16(15)20)10-11-21-14-6-2-1-3-7-14/h1-9H,10-13H2. The molecule has 112 valence electrons. The summed E-state index contributed by atoms with van der Waals surface area (Å²) in [5.41, 5.74) is 0.0969. The fourth-order valence-corrected chi connectivity index (χ4v) is 4.14. The molecule has 0 saturated carbocycles. The Morgan fingerprint density at radius 1 is 0.905 bits per heavy atom. The quantitative estimate of drug-likeness (QED) is 0.457. The van der Waals surface area contributed by atoms with Gasteiger partial charge in [0.25, 0.3) is 0 Å². The highest BCUT2D eigenvalue weighted by Crippen LogP contribution is 2.35. The normalized spacial score (nSPS) is 11.6. The molecule has 0 fully saturated rings. The number of alkyl halides is 2. The molecule has 2 aromatic rings. The summed E-state index contributed by atoms with van der Waals surface area (Å²) in [7, 11) is 0. The van der Waals surface area contributed by atoms with Crippen molar-refractivity contribution in [1.82, 2.24) is 0 Å². The predicted molar refractivity (Wildman–Crippen MR) is 91.3 cm³/mol. The topological polar surface area (TPSA) is 0 Å². The molecule has 4 heteroatoms. The molecule has 0 saturated heterocycles. The lowest BCUT2D eigenvalue weighted by molar-refractivity contribution is 0.483. The Bertz CT molecular complexity index is 556. The molecule has 21 heavy (non-hydrogen) atoms. The molecular formula is C17H17Cl2FS. The van der Waals surface area contributed by atoms with E-state index in [1.807, 2.05) is 24.3 Å². The highest BCUT2D eigenvalue weighted by Gasteiger charge is 2.32. The van der Waals surface area contributed by atoms with Crippen LogP contribution in [0.25, 0.3) is 0 Å². The van der Waals surface area contributed by atoms with Crippen LogP contribution in [0.2, 0.25) is 0 Å². The molecule has 0 aromatic heterocycles. The average Bonchev–Trinajstić information content (AvgIpc) is 2.54. The van der Waals surface area contributed by atoms with Crippen LogP contribution in [0.4, 0.5) is 4.39 Å².